The summed E-state index contributed by atoms with van der Waals surface area (Å²) >= 11 is 1.56. The minimum atomic E-state index is -0.493. The molecule has 40 heavy (non-hydrogen) atoms. The number of thioether (sulfide) groups is 1. The van der Waals surface area contributed by atoms with Crippen molar-refractivity contribution < 1.29 is 14.3 Å². The molecule has 8 heteroatoms. The predicted molar refractivity (Wildman–Crippen MR) is 158 cm³/mol. The summed E-state index contributed by atoms with van der Waals surface area (Å²) in [5, 5.41) is 8.76. The smallest absolute Gasteiger partial charge is 0.338 e. The number of anilines is 1. The summed E-state index contributed by atoms with van der Waals surface area (Å²) in [6.07, 6.45) is 3.32. The molecule has 206 valence electrons. The second-order valence-electron chi connectivity index (χ2n) is 9.69. The van der Waals surface area contributed by atoms with Crippen molar-refractivity contribution in [1.82, 2.24) is 14.8 Å². The van der Waals surface area contributed by atoms with Crippen LogP contribution in [0.25, 0.3) is 0 Å². The van der Waals surface area contributed by atoms with Crippen LogP contribution in [0.5, 0.6) is 5.75 Å². The topological polar surface area (TPSA) is 78.3 Å². The number of aromatic nitrogens is 3. The molecule has 5 rings (SSSR count). The number of fused-ring (bicyclic) bond motifs is 1. The molecule has 1 aliphatic heterocycles. The third kappa shape index (κ3) is 6.74. The second kappa shape index (κ2) is 13.3. The van der Waals surface area contributed by atoms with E-state index in [0.717, 1.165) is 41.9 Å². The van der Waals surface area contributed by atoms with E-state index in [-0.39, 0.29) is 6.61 Å². The van der Waals surface area contributed by atoms with E-state index in [4.69, 9.17) is 19.6 Å². The number of carbonyl (C=O) groups is 1. The van der Waals surface area contributed by atoms with E-state index in [1.807, 2.05) is 79.7 Å². The number of allylic oxidation sites excluding steroid dienone is 1. The Kier molecular flexibility index (Phi) is 9.18. The number of nitrogens with one attached hydrogen (secondary N) is 1. The van der Waals surface area contributed by atoms with Crippen LogP contribution in [0, 0.1) is 0 Å². The summed E-state index contributed by atoms with van der Waals surface area (Å²) in [5.41, 5.74) is 4.23. The molecule has 1 unspecified atom stereocenters. The summed E-state index contributed by atoms with van der Waals surface area (Å²) in [6, 6.07) is 27.3. The number of nitrogens with zero attached hydrogens (tertiary/aromatic N) is 3. The Morgan fingerprint density at radius 2 is 1.65 bits per heavy atom. The van der Waals surface area contributed by atoms with Gasteiger partial charge in [0.25, 0.3) is 0 Å². The van der Waals surface area contributed by atoms with Crippen molar-refractivity contribution in [3.63, 3.8) is 0 Å². The van der Waals surface area contributed by atoms with E-state index >= 15 is 0 Å². The maximum absolute atomic E-state index is 13.6. The number of rotatable bonds is 12. The van der Waals surface area contributed by atoms with E-state index in [9.17, 15) is 4.79 Å². The predicted octanol–water partition coefficient (Wildman–Crippen LogP) is 7.17. The molecule has 1 N–H and O–H groups in total. The highest BCUT2D eigenvalue weighted by molar-refractivity contribution is 7.98. The first-order chi connectivity index (χ1) is 19.6. The second-order valence-corrected chi connectivity index (χ2v) is 10.6. The van der Waals surface area contributed by atoms with E-state index in [0.29, 0.717) is 29.0 Å². The van der Waals surface area contributed by atoms with Gasteiger partial charge in [0, 0.05) is 11.4 Å². The van der Waals surface area contributed by atoms with E-state index in [2.05, 4.69) is 24.4 Å². The highest BCUT2D eigenvalue weighted by atomic mass is 32.2. The van der Waals surface area contributed by atoms with Crippen LogP contribution < -0.4 is 10.1 Å². The highest BCUT2D eigenvalue weighted by Gasteiger charge is 2.35. The molecule has 0 aliphatic carbocycles. The zero-order valence-electron chi connectivity index (χ0n) is 22.9. The average Bonchev–Trinajstić information content (AvgIpc) is 3.40. The number of esters is 1. The van der Waals surface area contributed by atoms with Crippen LogP contribution in [0.4, 0.5) is 5.95 Å². The van der Waals surface area contributed by atoms with Crippen LogP contribution in [-0.2, 0) is 21.9 Å². The molecular weight excluding hydrogens is 520 g/mol. The van der Waals surface area contributed by atoms with Crippen LogP contribution >= 0.6 is 11.8 Å². The van der Waals surface area contributed by atoms with Crippen LogP contribution in [0.2, 0.25) is 0 Å². The third-order valence-corrected chi connectivity index (χ3v) is 7.60. The Bertz CT molecular complexity index is 1440. The largest absolute Gasteiger partial charge is 0.494 e. The fourth-order valence-corrected chi connectivity index (χ4v) is 5.36. The van der Waals surface area contributed by atoms with Crippen molar-refractivity contribution in [2.45, 2.75) is 56.7 Å². The van der Waals surface area contributed by atoms with Crippen molar-refractivity contribution in [2.75, 3.05) is 11.9 Å². The van der Waals surface area contributed by atoms with Gasteiger partial charge in [0.1, 0.15) is 18.4 Å². The number of hydrogen-bond donors (Lipinski definition) is 1. The number of carbonyl (C=O) groups excluding carboxylic acids is 1. The Labute approximate surface area is 239 Å². The summed E-state index contributed by atoms with van der Waals surface area (Å²) in [4.78, 5) is 18.3. The lowest BCUT2D eigenvalue weighted by Crippen LogP contribution is -2.29. The molecular formula is C32H34N4O3S. The first-order valence-corrected chi connectivity index (χ1v) is 14.7. The molecule has 1 aliphatic rings. The Morgan fingerprint density at radius 1 is 0.950 bits per heavy atom. The lowest BCUT2D eigenvalue weighted by molar-refractivity contribution is -0.140. The van der Waals surface area contributed by atoms with Gasteiger partial charge in [0.05, 0.1) is 12.2 Å². The molecule has 4 aromatic rings. The van der Waals surface area contributed by atoms with Gasteiger partial charge in [-0.05, 0) is 42.2 Å². The SMILES string of the molecule is CCCCCOc1ccc(C2C(C(=O)OCc3ccccc3)=C(C)Nc3nc(SCc4ccccc4)nn32)cc1. The lowest BCUT2D eigenvalue weighted by atomic mass is 9.95. The van der Waals surface area contributed by atoms with Gasteiger partial charge in [-0.25, -0.2) is 9.48 Å². The molecule has 7 nitrogen and oxygen atoms in total. The molecule has 0 saturated heterocycles. The highest BCUT2D eigenvalue weighted by Crippen LogP contribution is 2.37. The van der Waals surface area contributed by atoms with Crippen LogP contribution in [0.1, 0.15) is 55.8 Å². The van der Waals surface area contributed by atoms with Gasteiger partial charge in [-0.3, -0.25) is 0 Å². The molecule has 3 aromatic carbocycles. The Morgan fingerprint density at radius 3 is 2.35 bits per heavy atom. The third-order valence-electron chi connectivity index (χ3n) is 6.69. The number of hydrogen-bond acceptors (Lipinski definition) is 7. The minimum absolute atomic E-state index is 0.191. The molecule has 0 saturated carbocycles. The van der Waals surface area contributed by atoms with Crippen LogP contribution in [-0.4, -0.2) is 27.3 Å². The van der Waals surface area contributed by atoms with Gasteiger partial charge in [-0.15, -0.1) is 5.10 Å². The summed E-state index contributed by atoms with van der Waals surface area (Å²) in [5.74, 6) is 1.76. The molecule has 0 amide bonds. The minimum Gasteiger partial charge on any atom is -0.494 e. The first-order valence-electron chi connectivity index (χ1n) is 13.7. The Hall–Kier alpha value is -4.04. The van der Waals surface area contributed by atoms with Gasteiger partial charge in [-0.2, -0.15) is 4.98 Å². The maximum atomic E-state index is 13.6. The quantitative estimate of drug-likeness (QED) is 0.113. The molecule has 0 bridgehead atoms. The van der Waals surface area contributed by atoms with Gasteiger partial charge in [-0.1, -0.05) is 104 Å². The number of ether oxygens (including phenoxy) is 2. The zero-order valence-corrected chi connectivity index (χ0v) is 23.7. The lowest BCUT2D eigenvalue weighted by Gasteiger charge is -2.28. The fourth-order valence-electron chi connectivity index (χ4n) is 4.58. The molecule has 2 heterocycles. The average molecular weight is 555 g/mol. The van der Waals surface area contributed by atoms with Gasteiger partial charge in [0.15, 0.2) is 0 Å². The molecule has 1 atom stereocenters. The van der Waals surface area contributed by atoms with E-state index < -0.39 is 12.0 Å². The van der Waals surface area contributed by atoms with Gasteiger partial charge >= 0.3 is 5.97 Å². The monoisotopic (exact) mass is 554 g/mol. The first kappa shape index (κ1) is 27.5. The van der Waals surface area contributed by atoms with E-state index in [1.54, 1.807) is 16.4 Å². The van der Waals surface area contributed by atoms with Gasteiger partial charge < -0.3 is 14.8 Å². The standard InChI is InChI=1S/C32H34N4O3S/c1-3-4-11-20-38-27-18-16-26(17-19-27)29-28(30(37)39-21-24-12-7-5-8-13-24)23(2)33-31-34-32(35-36(29)31)40-22-25-14-9-6-10-15-25/h5-10,12-19,29H,3-4,11,20-22H2,1-2H3,(H,33,34,35). The summed E-state index contributed by atoms with van der Waals surface area (Å²) < 4.78 is 13.5. The molecule has 0 spiro atoms. The van der Waals surface area contributed by atoms with Gasteiger partial charge in [0.2, 0.25) is 11.1 Å². The Balaban J connectivity index is 1.41. The van der Waals surface area contributed by atoms with Crippen molar-refractivity contribution in [1.29, 1.82) is 0 Å². The van der Waals surface area contributed by atoms with Crippen LogP contribution in [0.3, 0.4) is 0 Å². The summed E-state index contributed by atoms with van der Waals surface area (Å²) in [6.45, 7) is 4.93. The number of benzene rings is 3. The van der Waals surface area contributed by atoms with Crippen molar-refractivity contribution in [3.05, 3.63) is 113 Å². The maximum Gasteiger partial charge on any atom is 0.338 e. The van der Waals surface area contributed by atoms with Crippen LogP contribution in [0.15, 0.2) is 101 Å². The fraction of sp³-hybridized carbons (Fsp3) is 0.281. The van der Waals surface area contributed by atoms with Crippen molar-refractivity contribution in [3.8, 4) is 5.75 Å². The zero-order chi connectivity index (χ0) is 27.7. The molecule has 0 radical (unpaired) electrons. The number of unbranched alkanes of at least 4 members (excludes halogenated alkanes) is 2. The normalized spacial score (nSPS) is 14.4. The summed E-state index contributed by atoms with van der Waals surface area (Å²) in [7, 11) is 0. The van der Waals surface area contributed by atoms with Crippen molar-refractivity contribution >= 4 is 23.7 Å². The molecule has 1 aromatic heterocycles. The van der Waals surface area contributed by atoms with Crippen molar-refractivity contribution in [2.24, 2.45) is 0 Å². The molecule has 0 fully saturated rings. The van der Waals surface area contributed by atoms with E-state index in [1.165, 1.54) is 5.56 Å².